The number of carboxylic acid groups (broad SMARTS) is 1. The number of aromatic nitrogens is 3. The molecule has 0 fully saturated rings. The highest BCUT2D eigenvalue weighted by molar-refractivity contribution is 6.42. The minimum absolute atomic E-state index is 0.157. The molecule has 2 N–H and O–H groups in total. The molecule has 8 nitrogen and oxygen atoms in total. The van der Waals surface area contributed by atoms with Crippen LogP contribution < -0.4 is 10.9 Å². The maximum Gasteiger partial charge on any atom is 0.394 e. The number of anilines is 1. The van der Waals surface area contributed by atoms with Gasteiger partial charge in [-0.25, -0.2) is 9.31 Å². The van der Waals surface area contributed by atoms with E-state index in [-0.39, 0.29) is 23.3 Å². The zero-order chi connectivity index (χ0) is 18.1. The minimum atomic E-state index is -1.62. The van der Waals surface area contributed by atoms with Crippen LogP contribution in [0.25, 0.3) is 5.52 Å². The SMILES string of the molecule is O=C(O)C(=O)Nc1cc2c(=O)n(Cc3ccc(Cl)c(Cl)c3)cnn2c1. The van der Waals surface area contributed by atoms with Gasteiger partial charge >= 0.3 is 11.9 Å². The largest absolute Gasteiger partial charge is 0.474 e. The van der Waals surface area contributed by atoms with E-state index in [9.17, 15) is 14.4 Å². The summed E-state index contributed by atoms with van der Waals surface area (Å²) in [5.74, 6) is -2.83. The van der Waals surface area contributed by atoms with Crippen LogP contribution in [0.5, 0.6) is 0 Å². The summed E-state index contributed by atoms with van der Waals surface area (Å²) in [5.41, 5.74) is 0.734. The zero-order valence-corrected chi connectivity index (χ0v) is 14.0. The molecule has 1 aromatic carbocycles. The van der Waals surface area contributed by atoms with Crippen LogP contribution in [0, 0.1) is 0 Å². The van der Waals surface area contributed by atoms with E-state index < -0.39 is 11.9 Å². The molecule has 3 aromatic rings. The van der Waals surface area contributed by atoms with E-state index in [1.807, 2.05) is 0 Å². The van der Waals surface area contributed by atoms with Crippen molar-refractivity contribution >= 4 is 46.3 Å². The van der Waals surface area contributed by atoms with Gasteiger partial charge in [0, 0.05) is 0 Å². The highest BCUT2D eigenvalue weighted by Crippen LogP contribution is 2.22. The van der Waals surface area contributed by atoms with E-state index >= 15 is 0 Å². The average Bonchev–Trinajstić information content (AvgIpc) is 2.97. The fraction of sp³-hybridized carbons (Fsp3) is 0.0667. The number of fused-ring (bicyclic) bond motifs is 1. The van der Waals surface area contributed by atoms with Crippen LogP contribution in [0.1, 0.15) is 5.56 Å². The Hall–Kier alpha value is -2.84. The Balaban J connectivity index is 1.94. The summed E-state index contributed by atoms with van der Waals surface area (Å²) >= 11 is 11.8. The molecule has 0 saturated heterocycles. The lowest BCUT2D eigenvalue weighted by molar-refractivity contribution is -0.147. The number of benzene rings is 1. The molecule has 10 heteroatoms. The molecule has 128 valence electrons. The van der Waals surface area contributed by atoms with Gasteiger partial charge in [0.2, 0.25) is 0 Å². The topological polar surface area (TPSA) is 106 Å². The molecule has 3 rings (SSSR count). The Morgan fingerprint density at radius 2 is 1.96 bits per heavy atom. The zero-order valence-electron chi connectivity index (χ0n) is 12.4. The van der Waals surface area contributed by atoms with Crippen molar-refractivity contribution < 1.29 is 14.7 Å². The first-order valence-electron chi connectivity index (χ1n) is 6.91. The van der Waals surface area contributed by atoms with Gasteiger partial charge in [0.1, 0.15) is 11.8 Å². The minimum Gasteiger partial charge on any atom is -0.474 e. The van der Waals surface area contributed by atoms with Crippen molar-refractivity contribution in [2.75, 3.05) is 5.32 Å². The lowest BCUT2D eigenvalue weighted by Gasteiger charge is -2.06. The number of carbonyl (C=O) groups is 2. The highest BCUT2D eigenvalue weighted by atomic mass is 35.5. The number of aliphatic carboxylic acids is 1. The number of carboxylic acids is 1. The maximum absolute atomic E-state index is 12.5. The number of halogens is 2. The van der Waals surface area contributed by atoms with Crippen molar-refractivity contribution in [3.63, 3.8) is 0 Å². The first kappa shape index (κ1) is 17.0. The van der Waals surface area contributed by atoms with Crippen LogP contribution in [0.2, 0.25) is 10.0 Å². The van der Waals surface area contributed by atoms with Gasteiger partial charge in [-0.3, -0.25) is 14.2 Å². The molecule has 2 heterocycles. The van der Waals surface area contributed by atoms with Crippen molar-refractivity contribution in [1.29, 1.82) is 0 Å². The number of carbonyl (C=O) groups excluding carboxylic acids is 1. The first-order valence-corrected chi connectivity index (χ1v) is 7.67. The molecular formula is C15H10Cl2N4O4. The maximum atomic E-state index is 12.5. The van der Waals surface area contributed by atoms with E-state index in [1.54, 1.807) is 18.2 Å². The van der Waals surface area contributed by atoms with E-state index in [0.717, 1.165) is 5.56 Å². The Morgan fingerprint density at radius 3 is 2.64 bits per heavy atom. The molecular weight excluding hydrogens is 371 g/mol. The van der Waals surface area contributed by atoms with Crippen LogP contribution in [0.15, 0.2) is 41.6 Å². The summed E-state index contributed by atoms with van der Waals surface area (Å²) in [5, 5.41) is 15.6. The molecule has 1 amide bonds. The molecule has 0 unspecified atom stereocenters. The molecule has 0 saturated carbocycles. The van der Waals surface area contributed by atoms with E-state index in [4.69, 9.17) is 28.3 Å². The summed E-state index contributed by atoms with van der Waals surface area (Å²) in [6.45, 7) is 0.223. The van der Waals surface area contributed by atoms with Crippen molar-refractivity contribution in [2.45, 2.75) is 6.54 Å². The Bertz CT molecular complexity index is 1060. The fourth-order valence-electron chi connectivity index (χ4n) is 2.23. The second-order valence-corrected chi connectivity index (χ2v) is 5.94. The number of amides is 1. The molecule has 0 atom stereocenters. The monoisotopic (exact) mass is 380 g/mol. The van der Waals surface area contributed by atoms with Crippen molar-refractivity contribution in [3.05, 3.63) is 62.8 Å². The van der Waals surface area contributed by atoms with Crippen molar-refractivity contribution in [3.8, 4) is 0 Å². The third kappa shape index (κ3) is 3.49. The lowest BCUT2D eigenvalue weighted by atomic mass is 10.2. The molecule has 0 aliphatic carbocycles. The van der Waals surface area contributed by atoms with Crippen LogP contribution in [-0.4, -0.2) is 31.2 Å². The molecule has 0 radical (unpaired) electrons. The second-order valence-electron chi connectivity index (χ2n) is 5.13. The quantitative estimate of drug-likeness (QED) is 0.674. The summed E-state index contributed by atoms with van der Waals surface area (Å²) in [6.07, 6.45) is 2.68. The van der Waals surface area contributed by atoms with Gasteiger partial charge in [-0.2, -0.15) is 5.10 Å². The normalized spacial score (nSPS) is 10.8. The summed E-state index contributed by atoms with van der Waals surface area (Å²) in [4.78, 5) is 34.3. The number of rotatable bonds is 3. The second kappa shape index (κ2) is 6.58. The van der Waals surface area contributed by atoms with E-state index in [1.165, 1.54) is 27.7 Å². The fourth-order valence-corrected chi connectivity index (χ4v) is 2.55. The van der Waals surface area contributed by atoms with Gasteiger partial charge in [0.15, 0.2) is 0 Å². The molecule has 0 bridgehead atoms. The van der Waals surface area contributed by atoms with Gasteiger partial charge in [-0.1, -0.05) is 29.3 Å². The molecule has 2 aromatic heterocycles. The van der Waals surface area contributed by atoms with E-state index in [2.05, 4.69) is 10.4 Å². The number of nitrogens with zero attached hydrogens (tertiary/aromatic N) is 3. The lowest BCUT2D eigenvalue weighted by Crippen LogP contribution is -2.23. The third-order valence-corrected chi connectivity index (χ3v) is 4.12. The van der Waals surface area contributed by atoms with Crippen LogP contribution >= 0.6 is 23.2 Å². The van der Waals surface area contributed by atoms with Crippen LogP contribution in [0.4, 0.5) is 5.69 Å². The van der Waals surface area contributed by atoms with Crippen molar-refractivity contribution in [1.82, 2.24) is 14.2 Å². The van der Waals surface area contributed by atoms with Gasteiger partial charge < -0.3 is 10.4 Å². The highest BCUT2D eigenvalue weighted by Gasteiger charge is 2.14. The Morgan fingerprint density at radius 1 is 1.20 bits per heavy atom. The third-order valence-electron chi connectivity index (χ3n) is 3.38. The molecule has 25 heavy (non-hydrogen) atoms. The van der Waals surface area contributed by atoms with Gasteiger partial charge in [-0.05, 0) is 23.8 Å². The van der Waals surface area contributed by atoms with Crippen LogP contribution in [-0.2, 0) is 16.1 Å². The summed E-state index contributed by atoms with van der Waals surface area (Å²) < 4.78 is 2.61. The standard InChI is InChI=1S/C15H10Cl2N4O4/c16-10-2-1-8(3-11(10)17)5-20-7-18-21-6-9(4-12(21)14(20)23)19-13(22)15(24)25/h1-4,6-7H,5H2,(H,19,22)(H,24,25). The smallest absolute Gasteiger partial charge is 0.394 e. The number of hydrogen-bond donors (Lipinski definition) is 2. The van der Waals surface area contributed by atoms with E-state index in [0.29, 0.717) is 10.0 Å². The van der Waals surface area contributed by atoms with Gasteiger partial charge in [-0.15, -0.1) is 0 Å². The molecule has 0 spiro atoms. The van der Waals surface area contributed by atoms with Crippen LogP contribution in [0.3, 0.4) is 0 Å². The molecule has 0 aliphatic heterocycles. The Kier molecular flexibility index (Phi) is 4.47. The van der Waals surface area contributed by atoms with Gasteiger partial charge in [0.25, 0.3) is 5.56 Å². The summed E-state index contributed by atoms with van der Waals surface area (Å²) in [7, 11) is 0. The predicted octanol–water partition coefficient (Wildman–Crippen LogP) is 1.87. The van der Waals surface area contributed by atoms with Gasteiger partial charge in [0.05, 0.1) is 28.5 Å². The Labute approximate surface area is 150 Å². The predicted molar refractivity (Wildman–Crippen MR) is 91.3 cm³/mol. The molecule has 0 aliphatic rings. The first-order chi connectivity index (χ1) is 11.8. The average molecular weight is 381 g/mol. The number of nitrogens with one attached hydrogen (secondary N) is 1. The van der Waals surface area contributed by atoms with Crippen molar-refractivity contribution in [2.24, 2.45) is 0 Å². The summed E-state index contributed by atoms with van der Waals surface area (Å²) in [6, 6.07) is 6.37. The number of hydrogen-bond acceptors (Lipinski definition) is 4.